The van der Waals surface area contributed by atoms with Crippen LogP contribution in [-0.2, 0) is 7.05 Å². The maximum Gasteiger partial charge on any atom is 0.0947 e. The minimum atomic E-state index is 0.134. The molecule has 1 aromatic heterocycles. The lowest BCUT2D eigenvalue weighted by atomic mass is 9.84. The molecule has 15 heavy (non-hydrogen) atoms. The van der Waals surface area contributed by atoms with Crippen molar-refractivity contribution in [1.82, 2.24) is 9.55 Å². The molecule has 0 bridgehead atoms. The van der Waals surface area contributed by atoms with E-state index in [0.29, 0.717) is 0 Å². The second-order valence-corrected chi connectivity index (χ2v) is 4.81. The third-order valence-corrected chi connectivity index (χ3v) is 3.42. The van der Waals surface area contributed by atoms with Crippen molar-refractivity contribution in [3.8, 4) is 0 Å². The highest BCUT2D eigenvalue weighted by Crippen LogP contribution is 2.30. The molecule has 0 spiro atoms. The fourth-order valence-electron chi connectivity index (χ4n) is 2.53. The first-order valence-corrected chi connectivity index (χ1v) is 5.99. The molecule has 0 radical (unpaired) electrons. The minimum Gasteiger partial charge on any atom is -0.340 e. The smallest absolute Gasteiger partial charge is 0.0947 e. The van der Waals surface area contributed by atoms with Gasteiger partial charge in [-0.25, -0.2) is 4.98 Å². The van der Waals surface area contributed by atoms with Crippen molar-refractivity contribution < 1.29 is 0 Å². The Balaban J connectivity index is 1.88. The number of hydrogen-bond donors (Lipinski definition) is 1. The second kappa shape index (κ2) is 4.79. The molecule has 1 aliphatic carbocycles. The van der Waals surface area contributed by atoms with Gasteiger partial charge in [0, 0.05) is 19.3 Å². The summed E-state index contributed by atoms with van der Waals surface area (Å²) in [6.07, 6.45) is 11.9. The molecule has 0 saturated heterocycles. The van der Waals surface area contributed by atoms with Gasteiger partial charge in [0.1, 0.15) is 0 Å². The Labute approximate surface area is 91.7 Å². The van der Waals surface area contributed by atoms with E-state index in [-0.39, 0.29) is 6.04 Å². The quantitative estimate of drug-likeness (QED) is 0.827. The van der Waals surface area contributed by atoms with Gasteiger partial charge in [-0.3, -0.25) is 0 Å². The van der Waals surface area contributed by atoms with Crippen molar-refractivity contribution >= 4 is 0 Å². The van der Waals surface area contributed by atoms with Crippen LogP contribution in [0.5, 0.6) is 0 Å². The van der Waals surface area contributed by atoms with Gasteiger partial charge in [0.25, 0.3) is 0 Å². The van der Waals surface area contributed by atoms with E-state index in [0.717, 1.165) is 18.0 Å². The van der Waals surface area contributed by atoms with Crippen LogP contribution >= 0.6 is 0 Å². The number of nitrogens with zero attached hydrogens (tertiary/aromatic N) is 2. The lowest BCUT2D eigenvalue weighted by Gasteiger charge is -2.23. The Morgan fingerprint density at radius 1 is 1.47 bits per heavy atom. The predicted molar refractivity (Wildman–Crippen MR) is 61.3 cm³/mol. The monoisotopic (exact) mass is 207 g/mol. The average molecular weight is 207 g/mol. The molecule has 2 rings (SSSR count). The average Bonchev–Trinajstić information content (AvgIpc) is 2.66. The molecule has 1 saturated carbocycles. The van der Waals surface area contributed by atoms with Gasteiger partial charge in [0.2, 0.25) is 0 Å². The molecular formula is C12H21N3. The van der Waals surface area contributed by atoms with Crippen LogP contribution in [0.2, 0.25) is 0 Å². The fourth-order valence-corrected chi connectivity index (χ4v) is 2.53. The SMILES string of the molecule is Cn1cnc(C(N)CC2CCCCC2)c1. The second-order valence-electron chi connectivity index (χ2n) is 4.81. The molecule has 1 aromatic rings. The molecule has 1 fully saturated rings. The molecule has 3 nitrogen and oxygen atoms in total. The first-order chi connectivity index (χ1) is 7.25. The normalized spacial score (nSPS) is 20.4. The summed E-state index contributed by atoms with van der Waals surface area (Å²) < 4.78 is 1.97. The van der Waals surface area contributed by atoms with Crippen LogP contribution in [0.4, 0.5) is 0 Å². The van der Waals surface area contributed by atoms with Crippen LogP contribution in [-0.4, -0.2) is 9.55 Å². The Kier molecular flexibility index (Phi) is 3.41. The van der Waals surface area contributed by atoms with Crippen LogP contribution < -0.4 is 5.73 Å². The zero-order valence-electron chi connectivity index (χ0n) is 9.52. The van der Waals surface area contributed by atoms with Crippen molar-refractivity contribution in [2.24, 2.45) is 18.7 Å². The van der Waals surface area contributed by atoms with E-state index in [2.05, 4.69) is 4.98 Å². The van der Waals surface area contributed by atoms with Crippen LogP contribution in [0.15, 0.2) is 12.5 Å². The zero-order chi connectivity index (χ0) is 10.7. The fraction of sp³-hybridized carbons (Fsp3) is 0.750. The third kappa shape index (κ3) is 2.81. The number of imidazole rings is 1. The number of aromatic nitrogens is 2. The van der Waals surface area contributed by atoms with Crippen molar-refractivity contribution in [2.45, 2.75) is 44.6 Å². The van der Waals surface area contributed by atoms with E-state index in [9.17, 15) is 0 Å². The number of hydrogen-bond acceptors (Lipinski definition) is 2. The highest BCUT2D eigenvalue weighted by Gasteiger charge is 2.18. The van der Waals surface area contributed by atoms with E-state index in [1.807, 2.05) is 24.1 Å². The lowest BCUT2D eigenvalue weighted by molar-refractivity contribution is 0.318. The molecule has 0 aliphatic heterocycles. The van der Waals surface area contributed by atoms with Crippen molar-refractivity contribution in [1.29, 1.82) is 0 Å². The molecule has 3 heteroatoms. The van der Waals surface area contributed by atoms with Gasteiger partial charge >= 0.3 is 0 Å². The highest BCUT2D eigenvalue weighted by molar-refractivity contribution is 5.02. The number of aryl methyl sites for hydroxylation is 1. The predicted octanol–water partition coefficient (Wildman–Crippen LogP) is 2.39. The highest BCUT2D eigenvalue weighted by atomic mass is 15.0. The van der Waals surface area contributed by atoms with Gasteiger partial charge in [-0.15, -0.1) is 0 Å². The van der Waals surface area contributed by atoms with Crippen LogP contribution in [0, 0.1) is 5.92 Å². The Hall–Kier alpha value is -0.830. The Morgan fingerprint density at radius 2 is 2.20 bits per heavy atom. The summed E-state index contributed by atoms with van der Waals surface area (Å²) in [5.41, 5.74) is 7.21. The van der Waals surface area contributed by atoms with Crippen LogP contribution in [0.1, 0.15) is 50.3 Å². The minimum absolute atomic E-state index is 0.134. The van der Waals surface area contributed by atoms with Gasteiger partial charge in [-0.1, -0.05) is 32.1 Å². The largest absolute Gasteiger partial charge is 0.340 e. The van der Waals surface area contributed by atoms with E-state index in [1.165, 1.54) is 32.1 Å². The summed E-state index contributed by atoms with van der Waals surface area (Å²) in [4.78, 5) is 4.32. The van der Waals surface area contributed by atoms with E-state index in [4.69, 9.17) is 5.73 Å². The molecule has 1 heterocycles. The lowest BCUT2D eigenvalue weighted by Crippen LogP contribution is -2.17. The van der Waals surface area contributed by atoms with Crippen LogP contribution in [0.25, 0.3) is 0 Å². The van der Waals surface area contributed by atoms with E-state index < -0.39 is 0 Å². The molecule has 1 aliphatic rings. The maximum atomic E-state index is 6.16. The van der Waals surface area contributed by atoms with E-state index >= 15 is 0 Å². The standard InChI is InChI=1S/C12H21N3/c1-15-8-12(14-9-15)11(13)7-10-5-3-2-4-6-10/h8-11H,2-7,13H2,1H3. The Morgan fingerprint density at radius 3 is 2.80 bits per heavy atom. The molecule has 0 aromatic carbocycles. The zero-order valence-corrected chi connectivity index (χ0v) is 9.52. The summed E-state index contributed by atoms with van der Waals surface area (Å²) in [7, 11) is 1.99. The molecular weight excluding hydrogens is 186 g/mol. The molecule has 0 amide bonds. The Bertz CT molecular complexity index is 300. The maximum absolute atomic E-state index is 6.16. The van der Waals surface area contributed by atoms with Crippen molar-refractivity contribution in [2.75, 3.05) is 0 Å². The summed E-state index contributed by atoms with van der Waals surface area (Å²) in [6, 6.07) is 0.134. The van der Waals surface area contributed by atoms with Gasteiger partial charge in [0.15, 0.2) is 0 Å². The van der Waals surface area contributed by atoms with Gasteiger partial charge < -0.3 is 10.3 Å². The summed E-state index contributed by atoms with van der Waals surface area (Å²) in [5.74, 6) is 0.829. The summed E-state index contributed by atoms with van der Waals surface area (Å²) >= 11 is 0. The van der Waals surface area contributed by atoms with Crippen LogP contribution in [0.3, 0.4) is 0 Å². The first-order valence-electron chi connectivity index (χ1n) is 5.99. The molecule has 2 N–H and O–H groups in total. The van der Waals surface area contributed by atoms with Gasteiger partial charge in [0.05, 0.1) is 12.0 Å². The van der Waals surface area contributed by atoms with Crippen molar-refractivity contribution in [3.05, 3.63) is 18.2 Å². The third-order valence-electron chi connectivity index (χ3n) is 3.42. The van der Waals surface area contributed by atoms with E-state index in [1.54, 1.807) is 0 Å². The molecule has 1 atom stereocenters. The first kappa shape index (κ1) is 10.7. The number of nitrogens with two attached hydrogens (primary N) is 1. The summed E-state index contributed by atoms with van der Waals surface area (Å²) in [6.45, 7) is 0. The molecule has 1 unspecified atom stereocenters. The number of rotatable bonds is 3. The summed E-state index contributed by atoms with van der Waals surface area (Å²) in [5, 5.41) is 0. The van der Waals surface area contributed by atoms with Gasteiger partial charge in [-0.05, 0) is 12.3 Å². The molecule has 84 valence electrons. The van der Waals surface area contributed by atoms with Gasteiger partial charge in [-0.2, -0.15) is 0 Å². The topological polar surface area (TPSA) is 43.8 Å². The van der Waals surface area contributed by atoms with Crippen molar-refractivity contribution in [3.63, 3.8) is 0 Å².